The van der Waals surface area contributed by atoms with E-state index in [0.29, 0.717) is 32.6 Å². The van der Waals surface area contributed by atoms with Crippen molar-refractivity contribution < 1.29 is 28.6 Å². The molecule has 0 radical (unpaired) electrons. The second-order valence-electron chi connectivity index (χ2n) is 8.10. The number of benzene rings is 1. The number of rotatable bonds is 8. The van der Waals surface area contributed by atoms with E-state index in [0.717, 1.165) is 11.4 Å². The van der Waals surface area contributed by atoms with E-state index in [1.807, 2.05) is 19.1 Å². The first-order chi connectivity index (χ1) is 15.8. The SMILES string of the molecule is CCOC(=O)[C@H](C)Oc1c(OCC)cc(C=NN2C(=O)[C@@H]3[C@H](C2=O)[C@H]2C=C[C@H]3C2)c(Br)c1Br. The molecule has 10 heteroatoms. The summed E-state index contributed by atoms with van der Waals surface area (Å²) >= 11 is 6.99. The lowest BCUT2D eigenvalue weighted by Crippen LogP contribution is -2.28. The predicted octanol–water partition coefficient (Wildman–Crippen LogP) is 4.08. The third-order valence-electron chi connectivity index (χ3n) is 6.13. The van der Waals surface area contributed by atoms with Gasteiger partial charge in [0, 0.05) is 10.0 Å². The van der Waals surface area contributed by atoms with E-state index in [1.165, 1.54) is 6.21 Å². The molecule has 2 amide bonds. The average Bonchev–Trinajstić information content (AvgIpc) is 3.47. The van der Waals surface area contributed by atoms with Crippen molar-refractivity contribution in [3.63, 3.8) is 0 Å². The highest BCUT2D eigenvalue weighted by Crippen LogP contribution is 2.52. The summed E-state index contributed by atoms with van der Waals surface area (Å²) in [4.78, 5) is 37.8. The Morgan fingerprint density at radius 3 is 2.36 bits per heavy atom. The van der Waals surface area contributed by atoms with Crippen molar-refractivity contribution in [3.05, 3.63) is 32.7 Å². The van der Waals surface area contributed by atoms with Gasteiger partial charge in [-0.1, -0.05) is 12.2 Å². The number of imide groups is 1. The highest BCUT2D eigenvalue weighted by atomic mass is 79.9. The molecule has 1 saturated heterocycles. The number of fused-ring (bicyclic) bond motifs is 5. The van der Waals surface area contributed by atoms with Gasteiger partial charge < -0.3 is 14.2 Å². The topological polar surface area (TPSA) is 94.5 Å². The van der Waals surface area contributed by atoms with Crippen LogP contribution >= 0.6 is 31.9 Å². The summed E-state index contributed by atoms with van der Waals surface area (Å²) in [5, 5.41) is 5.24. The number of carbonyl (C=O) groups excluding carboxylic acids is 3. The van der Waals surface area contributed by atoms with E-state index in [9.17, 15) is 14.4 Å². The maximum Gasteiger partial charge on any atom is 0.347 e. The van der Waals surface area contributed by atoms with Gasteiger partial charge in [-0.05, 0) is 77.0 Å². The highest BCUT2D eigenvalue weighted by Gasteiger charge is 2.59. The molecule has 3 aliphatic rings. The van der Waals surface area contributed by atoms with Crippen LogP contribution in [-0.4, -0.2) is 48.3 Å². The minimum Gasteiger partial charge on any atom is -0.490 e. The molecule has 33 heavy (non-hydrogen) atoms. The Balaban J connectivity index is 1.60. The second kappa shape index (κ2) is 9.58. The van der Waals surface area contributed by atoms with Crippen LogP contribution in [0.2, 0.25) is 0 Å². The van der Waals surface area contributed by atoms with Crippen LogP contribution in [0.25, 0.3) is 0 Å². The summed E-state index contributed by atoms with van der Waals surface area (Å²) in [6, 6.07) is 1.67. The fourth-order valence-corrected chi connectivity index (χ4v) is 5.59. The Hall–Kier alpha value is -2.20. The van der Waals surface area contributed by atoms with Crippen molar-refractivity contribution in [3.8, 4) is 11.5 Å². The Labute approximate surface area is 208 Å². The lowest BCUT2D eigenvalue weighted by Gasteiger charge is -2.19. The number of halogens is 2. The minimum atomic E-state index is -0.852. The van der Waals surface area contributed by atoms with E-state index in [2.05, 4.69) is 37.0 Å². The molecule has 4 rings (SSSR count). The molecule has 0 N–H and O–H groups in total. The van der Waals surface area contributed by atoms with Gasteiger partial charge in [-0.2, -0.15) is 10.1 Å². The molecule has 1 aromatic rings. The molecule has 176 valence electrons. The van der Waals surface area contributed by atoms with Crippen LogP contribution in [0.1, 0.15) is 32.8 Å². The third-order valence-corrected chi connectivity index (χ3v) is 8.27. The molecule has 2 aliphatic carbocycles. The molecular formula is C23H24Br2N2O6. The zero-order chi connectivity index (χ0) is 23.9. The van der Waals surface area contributed by atoms with Crippen LogP contribution in [0.4, 0.5) is 0 Å². The Bertz CT molecular complexity index is 1030. The maximum atomic E-state index is 12.9. The van der Waals surface area contributed by atoms with Crippen molar-refractivity contribution in [2.75, 3.05) is 13.2 Å². The van der Waals surface area contributed by atoms with Crippen molar-refractivity contribution in [1.82, 2.24) is 5.01 Å². The van der Waals surface area contributed by atoms with Gasteiger partial charge in [-0.3, -0.25) is 9.59 Å². The smallest absolute Gasteiger partial charge is 0.347 e. The van der Waals surface area contributed by atoms with Crippen LogP contribution < -0.4 is 9.47 Å². The lowest BCUT2D eigenvalue weighted by molar-refractivity contribution is -0.150. The zero-order valence-electron chi connectivity index (χ0n) is 18.4. The first-order valence-corrected chi connectivity index (χ1v) is 12.4. The molecule has 0 unspecified atom stereocenters. The molecule has 8 nitrogen and oxygen atoms in total. The van der Waals surface area contributed by atoms with Gasteiger partial charge in [0.25, 0.3) is 11.8 Å². The van der Waals surface area contributed by atoms with Gasteiger partial charge in [0.05, 0.1) is 35.7 Å². The van der Waals surface area contributed by atoms with E-state index >= 15 is 0 Å². The molecule has 5 atom stereocenters. The lowest BCUT2D eigenvalue weighted by atomic mass is 9.85. The Morgan fingerprint density at radius 1 is 1.15 bits per heavy atom. The van der Waals surface area contributed by atoms with Crippen LogP contribution in [-0.2, 0) is 19.1 Å². The van der Waals surface area contributed by atoms with E-state index in [4.69, 9.17) is 14.2 Å². The van der Waals surface area contributed by atoms with Crippen LogP contribution in [0.5, 0.6) is 11.5 Å². The van der Waals surface area contributed by atoms with E-state index < -0.39 is 12.1 Å². The van der Waals surface area contributed by atoms with Crippen molar-refractivity contribution in [2.24, 2.45) is 28.8 Å². The number of hydrazone groups is 1. The van der Waals surface area contributed by atoms with Crippen molar-refractivity contribution >= 4 is 55.9 Å². The van der Waals surface area contributed by atoms with Crippen molar-refractivity contribution in [1.29, 1.82) is 0 Å². The predicted molar refractivity (Wildman–Crippen MR) is 127 cm³/mol. The molecule has 1 saturated carbocycles. The molecule has 2 bridgehead atoms. The number of esters is 1. The standard InChI is InChI=1S/C23H24Br2N2O6/c1-4-31-15-9-14(18(24)19(25)20(15)33-11(3)23(30)32-5-2)10-26-27-21(28)16-12-6-7-13(8-12)17(16)22(27)29/h6-7,9-13,16-17H,4-5,8H2,1-3H3/t11-,12-,13-,16-,17+/m0/s1. The monoisotopic (exact) mass is 582 g/mol. The molecule has 0 aromatic heterocycles. The summed E-state index contributed by atoms with van der Waals surface area (Å²) in [6.07, 6.45) is 5.55. The largest absolute Gasteiger partial charge is 0.490 e. The quantitative estimate of drug-likeness (QED) is 0.198. The number of allylic oxidation sites excluding steroid dienone is 2. The normalized spacial score (nSPS) is 26.3. The number of amides is 2. The third kappa shape index (κ3) is 4.23. The second-order valence-corrected chi connectivity index (χ2v) is 9.68. The van der Waals surface area contributed by atoms with Crippen LogP contribution in [0.15, 0.2) is 32.3 Å². The van der Waals surface area contributed by atoms with E-state index in [1.54, 1.807) is 19.9 Å². The van der Waals surface area contributed by atoms with Gasteiger partial charge in [0.2, 0.25) is 0 Å². The Kier molecular flexibility index (Phi) is 6.95. The van der Waals surface area contributed by atoms with Crippen LogP contribution in [0, 0.1) is 23.7 Å². The zero-order valence-corrected chi connectivity index (χ0v) is 21.6. The number of carbonyl (C=O) groups is 3. The summed E-state index contributed by atoms with van der Waals surface area (Å²) in [6.45, 7) is 5.74. The number of hydrogen-bond acceptors (Lipinski definition) is 7. The van der Waals surface area contributed by atoms with Gasteiger partial charge in [0.1, 0.15) is 0 Å². The fraction of sp³-hybridized carbons (Fsp3) is 0.478. The number of ether oxygens (including phenoxy) is 3. The minimum absolute atomic E-state index is 0.125. The summed E-state index contributed by atoms with van der Waals surface area (Å²) < 4.78 is 17.6. The van der Waals surface area contributed by atoms with Gasteiger partial charge in [-0.15, -0.1) is 0 Å². The van der Waals surface area contributed by atoms with Gasteiger partial charge >= 0.3 is 5.97 Å². The van der Waals surface area contributed by atoms with Crippen molar-refractivity contribution in [2.45, 2.75) is 33.3 Å². The van der Waals surface area contributed by atoms with Gasteiger partial charge in [-0.25, -0.2) is 4.79 Å². The Morgan fingerprint density at radius 2 is 1.79 bits per heavy atom. The molecular weight excluding hydrogens is 560 g/mol. The van der Waals surface area contributed by atoms with E-state index in [-0.39, 0.29) is 42.1 Å². The summed E-state index contributed by atoms with van der Waals surface area (Å²) in [7, 11) is 0. The maximum absolute atomic E-state index is 12.9. The van der Waals surface area contributed by atoms with Gasteiger partial charge in [0.15, 0.2) is 17.6 Å². The molecule has 1 aromatic carbocycles. The molecule has 1 aliphatic heterocycles. The molecule has 0 spiro atoms. The molecule has 1 heterocycles. The summed E-state index contributed by atoms with van der Waals surface area (Å²) in [5.74, 6) is -0.648. The average molecular weight is 584 g/mol. The first-order valence-electron chi connectivity index (χ1n) is 10.9. The fourth-order valence-electron chi connectivity index (χ4n) is 4.68. The summed E-state index contributed by atoms with van der Waals surface area (Å²) in [5.41, 5.74) is 0.570. The van der Waals surface area contributed by atoms with Crippen LogP contribution in [0.3, 0.4) is 0 Å². The number of hydrogen-bond donors (Lipinski definition) is 0. The first kappa shape index (κ1) is 23.9. The molecule has 2 fully saturated rings. The number of nitrogens with zero attached hydrogens (tertiary/aromatic N) is 2. The highest BCUT2D eigenvalue weighted by molar-refractivity contribution is 9.13.